The van der Waals surface area contributed by atoms with Crippen molar-refractivity contribution in [3.63, 3.8) is 0 Å². The molecule has 0 aliphatic carbocycles. The summed E-state index contributed by atoms with van der Waals surface area (Å²) in [6, 6.07) is -0.247. The highest BCUT2D eigenvalue weighted by Gasteiger charge is 2.68. The molecule has 4 aliphatic heterocycles. The van der Waals surface area contributed by atoms with E-state index in [4.69, 9.17) is 4.74 Å². The average molecular weight is 641 g/mol. The number of carbonyl (C=O) groups is 4. The first-order chi connectivity index (χ1) is 21.1. The molecule has 8 atom stereocenters. The lowest BCUT2D eigenvalue weighted by molar-refractivity contribution is -0.138. The van der Waals surface area contributed by atoms with Crippen LogP contribution in [0.4, 0.5) is 0 Å². The van der Waals surface area contributed by atoms with E-state index in [1.165, 1.54) is 0 Å². The molecule has 3 fully saturated rings. The van der Waals surface area contributed by atoms with Gasteiger partial charge in [0, 0.05) is 70.7 Å². The second-order valence-electron chi connectivity index (χ2n) is 13.1. The summed E-state index contributed by atoms with van der Waals surface area (Å²) in [6.07, 6.45) is 4.84. The van der Waals surface area contributed by atoms with Crippen LogP contribution in [-0.4, -0.2) is 68.0 Å². The van der Waals surface area contributed by atoms with E-state index in [2.05, 4.69) is 33.6 Å². The van der Waals surface area contributed by atoms with Gasteiger partial charge in [-0.15, -0.1) is 0 Å². The molecule has 4 aliphatic rings. The van der Waals surface area contributed by atoms with Gasteiger partial charge in [0.15, 0.2) is 5.60 Å². The number of thiol groups is 1. The minimum Gasteiger partial charge on any atom is -0.481 e. The van der Waals surface area contributed by atoms with Gasteiger partial charge in [0.25, 0.3) is 5.91 Å². The number of rotatable bonds is 11. The van der Waals surface area contributed by atoms with Crippen LogP contribution in [0.5, 0.6) is 0 Å². The van der Waals surface area contributed by atoms with E-state index < -0.39 is 17.5 Å². The predicted molar refractivity (Wildman–Crippen MR) is 172 cm³/mol. The van der Waals surface area contributed by atoms with Crippen LogP contribution in [-0.2, 0) is 30.3 Å². The Morgan fingerprint density at radius 3 is 2.24 bits per heavy atom. The highest BCUT2D eigenvalue weighted by Crippen LogP contribution is 2.49. The number of H-pyrrole nitrogens is 1. The first kappa shape index (κ1) is 32.9. The maximum absolute atomic E-state index is 12.8. The largest absolute Gasteiger partial charge is 0.481 e. The van der Waals surface area contributed by atoms with E-state index in [1.54, 1.807) is 0 Å². The van der Waals surface area contributed by atoms with Gasteiger partial charge >= 0.3 is 11.9 Å². The van der Waals surface area contributed by atoms with Crippen molar-refractivity contribution in [2.24, 2.45) is 17.8 Å². The Morgan fingerprint density at radius 2 is 1.67 bits per heavy atom. The summed E-state index contributed by atoms with van der Waals surface area (Å²) in [4.78, 5) is 51.9. The van der Waals surface area contributed by atoms with Crippen LogP contribution >= 0.6 is 12.6 Å². The molecule has 244 valence electrons. The topological polar surface area (TPSA) is 173 Å². The Morgan fingerprint density at radius 1 is 1.02 bits per heavy atom. The van der Waals surface area contributed by atoms with Crippen LogP contribution < -0.4 is 16.0 Å². The molecule has 1 aromatic rings. The zero-order chi connectivity index (χ0) is 33.0. The Balaban J connectivity index is 1.50. The third-order valence-corrected chi connectivity index (χ3v) is 10.7. The van der Waals surface area contributed by atoms with Crippen LogP contribution in [0.1, 0.15) is 82.8 Å². The Bertz CT molecular complexity index is 1520. The van der Waals surface area contributed by atoms with Gasteiger partial charge in [0.05, 0.1) is 6.10 Å². The molecule has 1 aromatic heterocycles. The van der Waals surface area contributed by atoms with Gasteiger partial charge in [-0.1, -0.05) is 20.8 Å². The maximum Gasteiger partial charge on any atom is 0.303 e. The highest BCUT2D eigenvalue weighted by molar-refractivity contribution is 7.80. The number of carbonyl (C=O) groups excluding carboxylic acids is 2. The minimum absolute atomic E-state index is 0.0167. The SMILES string of the molecule is CC1=C(CCC(=O)O)/C(=C/c2[nH]c(/C=C3\NC(=O)[C@H](C)[C@H]3[C@@H](C)S)c(C)c2CCC(=O)O)NC1C[C@H]1NC(=O)[C@@]2(O[C@@H]2C)C1C. The Kier molecular flexibility index (Phi) is 9.02. The van der Waals surface area contributed by atoms with Crippen molar-refractivity contribution in [2.45, 2.75) is 103 Å². The number of carboxylic acid groups (broad SMARTS) is 2. The molecule has 12 heteroatoms. The van der Waals surface area contributed by atoms with E-state index in [0.717, 1.165) is 45.1 Å². The number of ether oxygens (including phenoxy) is 1. The molecule has 2 unspecified atom stereocenters. The molecule has 2 amide bonds. The van der Waals surface area contributed by atoms with Gasteiger partial charge in [-0.05, 0) is 74.5 Å². The molecule has 11 nitrogen and oxygen atoms in total. The molecular formula is C33H44N4O7S. The van der Waals surface area contributed by atoms with Crippen LogP contribution in [0.3, 0.4) is 0 Å². The van der Waals surface area contributed by atoms with Crippen molar-refractivity contribution in [3.8, 4) is 0 Å². The molecule has 3 saturated heterocycles. The standard InChI is InChI=1S/C33H44N4O7S/c1-14-20(7-9-28(38)39)25(34-22(14)11-24-17(4)33(19(6)44-33)32(43)37-24)13-26-21(8-10-29(40)41)15(2)23(35-26)12-27-30(18(5)45)16(3)31(42)36-27/h12-13,16-19,22,24,30,34-35,45H,7-11H2,1-6H3,(H,36,42)(H,37,43)(H,38,39)(H,40,41)/b25-13-,27-12-/t16-,17?,18-,19-,22?,24-,30+,33-/m1/s1. The summed E-state index contributed by atoms with van der Waals surface area (Å²) < 4.78 is 5.74. The van der Waals surface area contributed by atoms with Crippen molar-refractivity contribution >= 4 is 48.5 Å². The number of aromatic nitrogens is 1. The summed E-state index contributed by atoms with van der Waals surface area (Å²) in [6.45, 7) is 11.7. The number of hydrogen-bond acceptors (Lipinski definition) is 7. The number of amides is 2. The first-order valence-electron chi connectivity index (χ1n) is 15.7. The number of nitrogens with one attached hydrogen (secondary N) is 4. The summed E-state index contributed by atoms with van der Waals surface area (Å²) in [5.74, 6) is -2.29. The zero-order valence-electron chi connectivity index (χ0n) is 26.6. The molecule has 1 spiro atoms. The van der Waals surface area contributed by atoms with E-state index in [9.17, 15) is 29.4 Å². The van der Waals surface area contributed by atoms with E-state index in [0.29, 0.717) is 12.8 Å². The van der Waals surface area contributed by atoms with Crippen LogP contribution in [0.2, 0.25) is 0 Å². The molecule has 5 rings (SSSR count). The summed E-state index contributed by atoms with van der Waals surface area (Å²) in [7, 11) is 0. The van der Waals surface area contributed by atoms with E-state index in [1.807, 2.05) is 53.7 Å². The summed E-state index contributed by atoms with van der Waals surface area (Å²) in [5.41, 5.74) is 5.87. The number of aromatic amines is 1. The Hall–Kier alpha value is -3.51. The van der Waals surface area contributed by atoms with Crippen molar-refractivity contribution in [1.29, 1.82) is 0 Å². The van der Waals surface area contributed by atoms with Crippen molar-refractivity contribution in [3.05, 3.63) is 45.1 Å². The second kappa shape index (κ2) is 12.4. The number of carboxylic acids is 2. The number of epoxide rings is 1. The van der Waals surface area contributed by atoms with Crippen molar-refractivity contribution < 1.29 is 34.1 Å². The fourth-order valence-electron chi connectivity index (χ4n) is 7.52. The van der Waals surface area contributed by atoms with Crippen LogP contribution in [0.25, 0.3) is 12.2 Å². The van der Waals surface area contributed by atoms with Gasteiger partial charge in [0.1, 0.15) is 0 Å². The second-order valence-corrected chi connectivity index (χ2v) is 13.9. The average Bonchev–Trinajstić information content (AvgIpc) is 3.13. The third-order valence-electron chi connectivity index (χ3n) is 10.3. The van der Waals surface area contributed by atoms with Gasteiger partial charge in [-0.3, -0.25) is 19.2 Å². The van der Waals surface area contributed by atoms with Gasteiger partial charge in [-0.2, -0.15) is 12.6 Å². The molecule has 0 aromatic carbocycles. The van der Waals surface area contributed by atoms with Crippen LogP contribution in [0.15, 0.2) is 22.5 Å². The highest BCUT2D eigenvalue weighted by atomic mass is 32.1. The zero-order valence-corrected chi connectivity index (χ0v) is 27.5. The summed E-state index contributed by atoms with van der Waals surface area (Å²) >= 11 is 4.63. The molecule has 45 heavy (non-hydrogen) atoms. The number of hydrogen-bond donors (Lipinski definition) is 7. The van der Waals surface area contributed by atoms with Crippen molar-refractivity contribution in [1.82, 2.24) is 20.9 Å². The van der Waals surface area contributed by atoms with Gasteiger partial charge in [0.2, 0.25) is 5.91 Å². The Labute approximate surface area is 268 Å². The fourth-order valence-corrected chi connectivity index (χ4v) is 7.94. The summed E-state index contributed by atoms with van der Waals surface area (Å²) in [5, 5.41) is 28.6. The smallest absolute Gasteiger partial charge is 0.303 e. The number of aliphatic carboxylic acids is 2. The molecule has 5 heterocycles. The first-order valence-corrected chi connectivity index (χ1v) is 16.2. The normalized spacial score (nSPS) is 33.2. The minimum atomic E-state index is -0.911. The van der Waals surface area contributed by atoms with Crippen LogP contribution in [0, 0.1) is 24.7 Å². The lowest BCUT2D eigenvalue weighted by Gasteiger charge is -2.22. The molecule has 0 saturated carbocycles. The van der Waals surface area contributed by atoms with E-state index in [-0.39, 0.29) is 72.3 Å². The molecule has 0 radical (unpaired) electrons. The molecule has 6 N–H and O–H groups in total. The lowest BCUT2D eigenvalue weighted by atomic mass is 9.86. The van der Waals surface area contributed by atoms with E-state index >= 15 is 0 Å². The quantitative estimate of drug-likeness (QED) is 0.142. The number of allylic oxidation sites excluding steroid dienone is 2. The van der Waals surface area contributed by atoms with Gasteiger partial charge in [-0.25, -0.2) is 0 Å². The van der Waals surface area contributed by atoms with Gasteiger partial charge < -0.3 is 35.9 Å². The monoisotopic (exact) mass is 640 g/mol. The lowest BCUT2D eigenvalue weighted by Crippen LogP contribution is -2.36. The third kappa shape index (κ3) is 6.06. The van der Waals surface area contributed by atoms with Crippen molar-refractivity contribution in [2.75, 3.05) is 0 Å². The molecular weight excluding hydrogens is 596 g/mol. The predicted octanol–water partition coefficient (Wildman–Crippen LogP) is 3.56. The fraction of sp³-hybridized carbons (Fsp3) is 0.576. The maximum atomic E-state index is 12.8. The molecule has 0 bridgehead atoms.